The van der Waals surface area contributed by atoms with Gasteiger partial charge in [-0.15, -0.1) is 6.58 Å². The Labute approximate surface area is 106 Å². The van der Waals surface area contributed by atoms with E-state index in [1.807, 2.05) is 6.08 Å². The maximum Gasteiger partial charge on any atom is 0.292 e. The van der Waals surface area contributed by atoms with Gasteiger partial charge >= 0.3 is 0 Å². The molecule has 0 aromatic rings. The molecule has 0 aromatic heterocycles. The van der Waals surface area contributed by atoms with Crippen LogP contribution < -0.4 is 0 Å². The third kappa shape index (κ3) is 13.5. The Morgan fingerprint density at radius 1 is 1.29 bits per heavy atom. The monoisotopic (exact) mass is 266 g/mol. The van der Waals surface area contributed by atoms with Crippen LogP contribution in [0.1, 0.15) is 52.9 Å². The smallest absolute Gasteiger partial charge is 0.292 e. The van der Waals surface area contributed by atoms with Gasteiger partial charge in [0.05, 0.1) is 0 Å². The minimum Gasteiger partial charge on any atom is -0.360 e. The van der Waals surface area contributed by atoms with Crippen molar-refractivity contribution in [3.05, 3.63) is 12.7 Å². The summed E-state index contributed by atoms with van der Waals surface area (Å²) in [6, 6.07) is 0. The first kappa shape index (κ1) is 19.0. The highest BCUT2D eigenvalue weighted by molar-refractivity contribution is 7.86. The van der Waals surface area contributed by atoms with E-state index < -0.39 is 15.6 Å². The standard InChI is InChI=1S/C8H18O4S.C4H8/c1-3-5-6-7-12-8(4-2)13(9,10)11;1-3-4-2/h8H,3-7H2,1-2H3,(H,9,10,11);3H,1,4H2,2H3. The zero-order valence-electron chi connectivity index (χ0n) is 11.2. The summed E-state index contributed by atoms with van der Waals surface area (Å²) >= 11 is 0. The van der Waals surface area contributed by atoms with E-state index in [1.165, 1.54) is 0 Å². The van der Waals surface area contributed by atoms with Gasteiger partial charge in [0.1, 0.15) is 0 Å². The van der Waals surface area contributed by atoms with Crippen LogP contribution in [-0.2, 0) is 14.9 Å². The average Bonchev–Trinajstić information content (AvgIpc) is 2.28. The maximum atomic E-state index is 10.7. The van der Waals surface area contributed by atoms with E-state index in [2.05, 4.69) is 20.4 Å². The molecule has 0 bridgehead atoms. The topological polar surface area (TPSA) is 63.6 Å². The molecule has 1 N–H and O–H groups in total. The van der Waals surface area contributed by atoms with Crippen LogP contribution in [0, 0.1) is 0 Å². The number of allylic oxidation sites excluding steroid dienone is 1. The molecule has 0 fully saturated rings. The second-order valence-corrected chi connectivity index (χ2v) is 5.18. The Hall–Kier alpha value is -0.390. The molecule has 0 heterocycles. The second-order valence-electron chi connectivity index (χ2n) is 3.63. The highest BCUT2D eigenvalue weighted by Crippen LogP contribution is 2.07. The largest absolute Gasteiger partial charge is 0.360 e. The molecule has 5 heteroatoms. The van der Waals surface area contributed by atoms with Gasteiger partial charge in [-0.3, -0.25) is 4.55 Å². The zero-order chi connectivity index (χ0) is 13.7. The SMILES string of the molecule is C=CCC.CCCCCOC(CC)S(=O)(=O)O. The number of rotatable bonds is 8. The van der Waals surface area contributed by atoms with Crippen molar-refractivity contribution in [1.29, 1.82) is 0 Å². The van der Waals surface area contributed by atoms with E-state index in [4.69, 9.17) is 9.29 Å². The predicted octanol–water partition coefficient (Wildman–Crippen LogP) is 3.40. The summed E-state index contributed by atoms with van der Waals surface area (Å²) in [4.78, 5) is 0. The Morgan fingerprint density at radius 2 is 1.82 bits per heavy atom. The summed E-state index contributed by atoms with van der Waals surface area (Å²) in [5, 5.41) is 0. The molecule has 0 amide bonds. The molecule has 0 aromatic carbocycles. The lowest BCUT2D eigenvalue weighted by atomic mass is 10.3. The summed E-state index contributed by atoms with van der Waals surface area (Å²) in [6.07, 6.45) is 6.15. The lowest BCUT2D eigenvalue weighted by Crippen LogP contribution is -2.23. The van der Waals surface area contributed by atoms with E-state index in [0.29, 0.717) is 6.61 Å². The molecule has 0 rings (SSSR count). The molecule has 1 atom stereocenters. The average molecular weight is 266 g/mol. The summed E-state index contributed by atoms with van der Waals surface area (Å²) in [6.45, 7) is 9.66. The van der Waals surface area contributed by atoms with Gasteiger partial charge < -0.3 is 4.74 Å². The van der Waals surface area contributed by atoms with Crippen molar-refractivity contribution < 1.29 is 17.7 Å². The summed E-state index contributed by atoms with van der Waals surface area (Å²) in [5.74, 6) is 0. The van der Waals surface area contributed by atoms with Crippen LogP contribution in [-0.4, -0.2) is 25.0 Å². The number of ether oxygens (including phenoxy) is 1. The second kappa shape index (κ2) is 12.1. The van der Waals surface area contributed by atoms with E-state index in [0.717, 1.165) is 25.7 Å². The fraction of sp³-hybridized carbons (Fsp3) is 0.833. The molecule has 0 saturated carbocycles. The fourth-order valence-corrected chi connectivity index (χ4v) is 1.67. The normalized spacial score (nSPS) is 12.5. The first-order chi connectivity index (χ1) is 7.93. The van der Waals surface area contributed by atoms with E-state index >= 15 is 0 Å². The molecule has 0 spiro atoms. The highest BCUT2D eigenvalue weighted by atomic mass is 32.2. The molecular formula is C12H26O4S. The minimum absolute atomic E-state index is 0.283. The Balaban J connectivity index is 0. The third-order valence-electron chi connectivity index (χ3n) is 2.01. The molecule has 0 aliphatic rings. The van der Waals surface area contributed by atoms with Crippen LogP contribution in [0.5, 0.6) is 0 Å². The highest BCUT2D eigenvalue weighted by Gasteiger charge is 2.20. The zero-order valence-corrected chi connectivity index (χ0v) is 12.0. The van der Waals surface area contributed by atoms with Gasteiger partial charge in [-0.2, -0.15) is 8.42 Å². The Bertz CT molecular complexity index is 260. The molecule has 1 unspecified atom stereocenters. The van der Waals surface area contributed by atoms with Crippen LogP contribution in [0.4, 0.5) is 0 Å². The Morgan fingerprint density at radius 3 is 2.12 bits per heavy atom. The van der Waals surface area contributed by atoms with Gasteiger partial charge in [0, 0.05) is 6.61 Å². The van der Waals surface area contributed by atoms with E-state index in [-0.39, 0.29) is 6.42 Å². The summed E-state index contributed by atoms with van der Waals surface area (Å²) in [5.41, 5.74) is -1.05. The number of hydrogen-bond donors (Lipinski definition) is 1. The van der Waals surface area contributed by atoms with Crippen LogP contribution in [0.2, 0.25) is 0 Å². The summed E-state index contributed by atoms with van der Waals surface area (Å²) in [7, 11) is -4.02. The van der Waals surface area contributed by atoms with Gasteiger partial charge in [-0.25, -0.2) is 0 Å². The maximum absolute atomic E-state index is 10.7. The van der Waals surface area contributed by atoms with Crippen molar-refractivity contribution in [3.63, 3.8) is 0 Å². The van der Waals surface area contributed by atoms with E-state index in [9.17, 15) is 8.42 Å². The van der Waals surface area contributed by atoms with Crippen LogP contribution in [0.25, 0.3) is 0 Å². The number of unbranched alkanes of at least 4 members (excludes halogenated alkanes) is 2. The van der Waals surface area contributed by atoms with Gasteiger partial charge in [-0.05, 0) is 19.3 Å². The van der Waals surface area contributed by atoms with Gasteiger partial charge in [-0.1, -0.05) is 39.7 Å². The van der Waals surface area contributed by atoms with Crippen molar-refractivity contribution in [1.82, 2.24) is 0 Å². The van der Waals surface area contributed by atoms with Crippen LogP contribution >= 0.6 is 0 Å². The van der Waals surface area contributed by atoms with Gasteiger partial charge in [0.15, 0.2) is 5.44 Å². The molecular weight excluding hydrogens is 240 g/mol. The van der Waals surface area contributed by atoms with Crippen molar-refractivity contribution in [2.45, 2.75) is 58.3 Å². The molecule has 0 radical (unpaired) electrons. The first-order valence-electron chi connectivity index (χ1n) is 6.12. The van der Waals surface area contributed by atoms with Crippen molar-refractivity contribution >= 4 is 10.1 Å². The molecule has 0 aliphatic heterocycles. The quantitative estimate of drug-likeness (QED) is 0.415. The molecule has 0 aliphatic carbocycles. The van der Waals surface area contributed by atoms with Crippen molar-refractivity contribution in [2.24, 2.45) is 0 Å². The van der Waals surface area contributed by atoms with E-state index in [1.54, 1.807) is 6.92 Å². The molecule has 17 heavy (non-hydrogen) atoms. The Kier molecular flexibility index (Phi) is 13.5. The van der Waals surface area contributed by atoms with Gasteiger partial charge in [0.2, 0.25) is 0 Å². The van der Waals surface area contributed by atoms with Crippen LogP contribution in [0.15, 0.2) is 12.7 Å². The predicted molar refractivity (Wildman–Crippen MR) is 71.6 cm³/mol. The molecule has 4 nitrogen and oxygen atoms in total. The fourth-order valence-electron chi connectivity index (χ4n) is 0.981. The first-order valence-corrected chi connectivity index (χ1v) is 7.63. The van der Waals surface area contributed by atoms with Crippen LogP contribution in [0.3, 0.4) is 0 Å². The van der Waals surface area contributed by atoms with Crippen molar-refractivity contribution in [2.75, 3.05) is 6.61 Å². The molecule has 104 valence electrons. The van der Waals surface area contributed by atoms with Gasteiger partial charge in [0.25, 0.3) is 10.1 Å². The van der Waals surface area contributed by atoms with Crippen molar-refractivity contribution in [3.8, 4) is 0 Å². The molecule has 0 saturated heterocycles. The lowest BCUT2D eigenvalue weighted by Gasteiger charge is -2.12. The lowest BCUT2D eigenvalue weighted by molar-refractivity contribution is 0.0933. The number of hydrogen-bond acceptors (Lipinski definition) is 3. The summed E-state index contributed by atoms with van der Waals surface area (Å²) < 4.78 is 35.0. The minimum atomic E-state index is -4.02. The third-order valence-corrected chi connectivity index (χ3v) is 3.14.